The summed E-state index contributed by atoms with van der Waals surface area (Å²) in [5.74, 6) is -0.0198. The first-order valence-electron chi connectivity index (χ1n) is 15.1. The van der Waals surface area contributed by atoms with Crippen molar-refractivity contribution in [2.75, 3.05) is 11.1 Å². The molecule has 0 aliphatic heterocycles. The molecule has 52 heavy (non-hydrogen) atoms. The predicted molar refractivity (Wildman–Crippen MR) is 182 cm³/mol. The minimum Gasteiger partial charge on any atom is -0.299 e. The fourth-order valence-corrected chi connectivity index (χ4v) is 6.56. The lowest BCUT2D eigenvalue weighted by Gasteiger charge is -2.12. The number of hydrogen-bond acceptors (Lipinski definition) is 6. The molecule has 0 fully saturated rings. The van der Waals surface area contributed by atoms with Crippen molar-refractivity contribution in [3.63, 3.8) is 0 Å². The van der Waals surface area contributed by atoms with Crippen LogP contribution in [0.4, 0.5) is 26.3 Å². The molecule has 6 aromatic rings. The molecule has 0 saturated heterocycles. The van der Waals surface area contributed by atoms with E-state index >= 15 is 0 Å². The maximum Gasteiger partial charge on any atom is 0.434 e. The Bertz CT molecular complexity index is 2420. The molecule has 0 amide bonds. The van der Waals surface area contributed by atoms with Crippen molar-refractivity contribution in [1.29, 1.82) is 0 Å². The van der Waals surface area contributed by atoms with Gasteiger partial charge in [0.05, 0.1) is 16.0 Å². The Morgan fingerprint density at radius 1 is 0.596 bits per heavy atom. The molecule has 6 rings (SSSR count). The number of benzene rings is 4. The van der Waals surface area contributed by atoms with Crippen molar-refractivity contribution in [3.8, 4) is 28.5 Å². The van der Waals surface area contributed by atoms with E-state index < -0.39 is 43.6 Å². The molecule has 0 saturated carbocycles. The second-order valence-corrected chi connectivity index (χ2v) is 15.2. The number of halogens is 6. The largest absolute Gasteiger partial charge is 0.434 e. The zero-order valence-corrected chi connectivity index (χ0v) is 29.1. The Hall–Kier alpha value is -5.42. The van der Waals surface area contributed by atoms with E-state index in [0.717, 1.165) is 28.3 Å². The third kappa shape index (κ3) is 8.89. The molecule has 0 spiro atoms. The fraction of sp³-hybridized carbons (Fsp3) is 0.143. The summed E-state index contributed by atoms with van der Waals surface area (Å²) in [6.45, 7) is 3.61. The zero-order chi connectivity index (χ0) is 38.1. The quantitative estimate of drug-likeness (QED) is 0.165. The maximum absolute atomic E-state index is 13.2. The van der Waals surface area contributed by atoms with E-state index in [1.165, 1.54) is 53.1 Å². The van der Waals surface area contributed by atoms with Gasteiger partial charge in [-0.05, 0) is 62.4 Å². The van der Waals surface area contributed by atoms with Crippen LogP contribution in [0.15, 0.2) is 125 Å². The number of aryl methyl sites for hydroxylation is 2. The Kier molecular flexibility index (Phi) is 10.4. The van der Waals surface area contributed by atoms with Crippen LogP contribution < -0.4 is 4.83 Å². The molecule has 2 heterocycles. The van der Waals surface area contributed by atoms with Crippen molar-refractivity contribution in [2.24, 2.45) is 0 Å². The molecule has 0 atom stereocenters. The van der Waals surface area contributed by atoms with E-state index in [-0.39, 0.29) is 21.4 Å². The molecule has 0 bridgehead atoms. The van der Waals surface area contributed by atoms with Crippen molar-refractivity contribution < 1.29 is 43.2 Å². The van der Waals surface area contributed by atoms with E-state index in [1.54, 1.807) is 55.5 Å². The first-order chi connectivity index (χ1) is 24.2. The fourth-order valence-electron chi connectivity index (χ4n) is 4.91. The van der Waals surface area contributed by atoms with Gasteiger partial charge in [0.2, 0.25) is 0 Å². The lowest BCUT2D eigenvalue weighted by molar-refractivity contribution is -0.141. The summed E-state index contributed by atoms with van der Waals surface area (Å²) in [5, 5.41) is 0. The van der Waals surface area contributed by atoms with E-state index in [9.17, 15) is 43.2 Å². The van der Waals surface area contributed by atoms with Crippen LogP contribution in [-0.4, -0.2) is 42.3 Å². The number of aromatic nitrogens is 4. The second-order valence-electron chi connectivity index (χ2n) is 11.5. The summed E-state index contributed by atoms with van der Waals surface area (Å²) in [5.41, 5.74) is 0.765. The molecule has 272 valence electrons. The molecule has 0 unspecified atom stereocenters. The first-order valence-corrected chi connectivity index (χ1v) is 18.5. The Labute approximate surface area is 295 Å². The molecule has 4 aromatic carbocycles. The number of rotatable bonds is 7. The normalized spacial score (nSPS) is 12.2. The van der Waals surface area contributed by atoms with Crippen molar-refractivity contribution in [2.45, 2.75) is 36.0 Å². The van der Waals surface area contributed by atoms with Crippen molar-refractivity contribution in [3.05, 3.63) is 138 Å². The van der Waals surface area contributed by atoms with Crippen LogP contribution >= 0.6 is 0 Å². The smallest absolute Gasteiger partial charge is 0.299 e. The van der Waals surface area contributed by atoms with E-state index in [4.69, 9.17) is 0 Å². The van der Waals surface area contributed by atoms with Gasteiger partial charge in [0, 0.05) is 29.3 Å². The molecule has 0 radical (unpaired) electrons. The standard InChI is InChI=1S/C18H15F3N2O2S.C17H14F3N3O2S/c1-12-4-3-5-13(10-12)17-22-16(18(19,20)21)11-23(17)14-6-8-15(9-7-14)26(2,24)25;1-12-6-5-7-13(10-12)16-21-15(17(18,19)20)11-23(16)22-26(24,25)14-8-3-2-4-9-14/h3-11H,1-2H3;2-11,22H,1H3. The summed E-state index contributed by atoms with van der Waals surface area (Å²) in [7, 11) is -7.47. The molecule has 0 aliphatic rings. The van der Waals surface area contributed by atoms with Crippen LogP contribution in [0.3, 0.4) is 0 Å². The average molecular weight is 762 g/mol. The van der Waals surface area contributed by atoms with Crippen LogP contribution in [0, 0.1) is 13.8 Å². The molecule has 17 heteroatoms. The number of nitrogens with zero attached hydrogens (tertiary/aromatic N) is 4. The van der Waals surface area contributed by atoms with Crippen LogP contribution in [0.2, 0.25) is 0 Å². The Balaban J connectivity index is 0.000000201. The third-order valence-corrected chi connectivity index (χ3v) is 9.82. The van der Waals surface area contributed by atoms with Gasteiger partial charge < -0.3 is 0 Å². The molecule has 1 N–H and O–H groups in total. The monoisotopic (exact) mass is 761 g/mol. The van der Waals surface area contributed by atoms with Gasteiger partial charge in [-0.1, -0.05) is 65.7 Å². The van der Waals surface area contributed by atoms with Crippen LogP contribution in [0.25, 0.3) is 28.5 Å². The van der Waals surface area contributed by atoms with Crippen LogP contribution in [0.5, 0.6) is 0 Å². The van der Waals surface area contributed by atoms with Gasteiger partial charge >= 0.3 is 12.4 Å². The molecular formula is C35H29F6N5O4S2. The number of imidazole rings is 2. The lowest BCUT2D eigenvalue weighted by Crippen LogP contribution is -2.23. The van der Waals surface area contributed by atoms with E-state index in [1.807, 2.05) is 13.0 Å². The van der Waals surface area contributed by atoms with E-state index in [2.05, 4.69) is 14.8 Å². The van der Waals surface area contributed by atoms with Crippen molar-refractivity contribution >= 4 is 19.9 Å². The minimum absolute atomic E-state index is 0.0718. The summed E-state index contributed by atoms with van der Waals surface area (Å²) < 4.78 is 129. The third-order valence-electron chi connectivity index (χ3n) is 7.36. The Morgan fingerprint density at radius 2 is 1.10 bits per heavy atom. The summed E-state index contributed by atoms with van der Waals surface area (Å²) in [6.07, 6.45) is -6.69. The van der Waals surface area contributed by atoms with Gasteiger partial charge in [-0.3, -0.25) is 4.57 Å². The molecule has 9 nitrogen and oxygen atoms in total. The van der Waals surface area contributed by atoms with E-state index in [0.29, 0.717) is 23.0 Å². The number of alkyl halides is 6. The van der Waals surface area contributed by atoms with Gasteiger partial charge in [0.25, 0.3) is 10.0 Å². The summed E-state index contributed by atoms with van der Waals surface area (Å²) in [4.78, 5) is 9.50. The summed E-state index contributed by atoms with van der Waals surface area (Å²) in [6, 6.07) is 26.6. The SMILES string of the molecule is Cc1cccc(-c2nc(C(F)(F)F)cn2-c2ccc(S(C)(=O)=O)cc2)c1.Cc1cccc(-c2nc(C(F)(F)F)cn2NS(=O)(=O)c2ccccc2)c1. The highest BCUT2D eigenvalue weighted by Gasteiger charge is 2.36. The highest BCUT2D eigenvalue weighted by molar-refractivity contribution is 7.92. The highest BCUT2D eigenvalue weighted by Crippen LogP contribution is 2.34. The van der Waals surface area contributed by atoms with Gasteiger partial charge in [-0.2, -0.15) is 34.8 Å². The number of sulfone groups is 1. The molecule has 0 aliphatic carbocycles. The van der Waals surface area contributed by atoms with Gasteiger partial charge in [0.1, 0.15) is 5.82 Å². The number of hydrogen-bond donors (Lipinski definition) is 1. The molecule has 2 aromatic heterocycles. The highest BCUT2D eigenvalue weighted by atomic mass is 32.2. The number of sulfonamides is 1. The Morgan fingerprint density at radius 3 is 1.60 bits per heavy atom. The maximum atomic E-state index is 13.2. The van der Waals surface area contributed by atoms with Gasteiger partial charge in [0.15, 0.2) is 27.0 Å². The average Bonchev–Trinajstić information content (AvgIpc) is 3.71. The topological polar surface area (TPSA) is 116 Å². The molecular weight excluding hydrogens is 733 g/mol. The predicted octanol–water partition coefficient (Wildman–Crippen LogP) is 8.08. The van der Waals surface area contributed by atoms with Gasteiger partial charge in [-0.15, -0.1) is 0 Å². The van der Waals surface area contributed by atoms with Crippen LogP contribution in [0.1, 0.15) is 22.5 Å². The summed E-state index contributed by atoms with van der Waals surface area (Å²) >= 11 is 0. The van der Waals surface area contributed by atoms with Gasteiger partial charge in [-0.25, -0.2) is 27.9 Å². The van der Waals surface area contributed by atoms with Crippen molar-refractivity contribution in [1.82, 2.24) is 19.2 Å². The zero-order valence-electron chi connectivity index (χ0n) is 27.5. The first kappa shape index (κ1) is 37.8. The number of nitrogens with one attached hydrogen (secondary N) is 1. The van der Waals surface area contributed by atoms with Crippen LogP contribution in [-0.2, 0) is 32.2 Å². The second kappa shape index (κ2) is 14.3. The minimum atomic E-state index is -4.71. The lowest BCUT2D eigenvalue weighted by atomic mass is 10.1.